The minimum Gasteiger partial charge on any atom is -0.478 e. The van der Waals surface area contributed by atoms with Gasteiger partial charge in [0, 0.05) is 0 Å². The van der Waals surface area contributed by atoms with Crippen molar-refractivity contribution in [1.82, 2.24) is 15.0 Å². The Labute approximate surface area is 101 Å². The number of benzene rings is 1. The van der Waals surface area contributed by atoms with Gasteiger partial charge in [-0.05, 0) is 24.3 Å². The molecule has 18 heavy (non-hydrogen) atoms. The van der Waals surface area contributed by atoms with E-state index in [-0.39, 0.29) is 5.56 Å². The molecule has 1 N–H and O–H groups in total. The van der Waals surface area contributed by atoms with E-state index < -0.39 is 5.97 Å². The first-order chi connectivity index (χ1) is 8.75. The fraction of sp³-hybridized carbons (Fsp3) is 0.0833. The fourth-order valence-corrected chi connectivity index (χ4v) is 1.83. The molecular weight excluding hydrogens is 234 g/mol. The molecular formula is C12H9N3O3. The van der Waals surface area contributed by atoms with Crippen molar-refractivity contribution < 1.29 is 14.3 Å². The van der Waals surface area contributed by atoms with Crippen LogP contribution >= 0.6 is 0 Å². The summed E-state index contributed by atoms with van der Waals surface area (Å²) in [5.74, 6) is -0.270. The highest BCUT2D eigenvalue weighted by atomic mass is 16.4. The summed E-state index contributed by atoms with van der Waals surface area (Å²) in [6.07, 6.45) is 1.58. The zero-order chi connectivity index (χ0) is 12.5. The van der Waals surface area contributed by atoms with E-state index in [1.807, 2.05) is 6.07 Å². The van der Waals surface area contributed by atoms with Gasteiger partial charge < -0.3 is 9.52 Å². The topological polar surface area (TPSA) is 81.1 Å². The van der Waals surface area contributed by atoms with Crippen LogP contribution in [0, 0.1) is 0 Å². The number of rotatable bonds is 3. The molecule has 0 atom stereocenters. The summed E-state index contributed by atoms with van der Waals surface area (Å²) in [5, 5.41) is 16.9. The minimum absolute atomic E-state index is 0.151. The average Bonchev–Trinajstić information content (AvgIpc) is 2.99. The number of hydrogen-bond acceptors (Lipinski definition) is 4. The molecule has 0 fully saturated rings. The van der Waals surface area contributed by atoms with E-state index in [4.69, 9.17) is 9.52 Å². The van der Waals surface area contributed by atoms with Crippen molar-refractivity contribution in [2.45, 2.75) is 6.54 Å². The highest BCUT2D eigenvalue weighted by Gasteiger charge is 2.14. The van der Waals surface area contributed by atoms with Gasteiger partial charge in [0.05, 0.1) is 17.3 Å². The molecule has 0 bridgehead atoms. The first kappa shape index (κ1) is 10.5. The first-order valence-corrected chi connectivity index (χ1v) is 5.33. The maximum Gasteiger partial charge on any atom is 0.338 e. The molecule has 6 nitrogen and oxygen atoms in total. The summed E-state index contributed by atoms with van der Waals surface area (Å²) >= 11 is 0. The molecule has 0 saturated heterocycles. The first-order valence-electron chi connectivity index (χ1n) is 5.33. The van der Waals surface area contributed by atoms with Crippen LogP contribution < -0.4 is 0 Å². The second-order valence-electron chi connectivity index (χ2n) is 3.80. The van der Waals surface area contributed by atoms with Gasteiger partial charge in [-0.25, -0.2) is 9.48 Å². The molecule has 0 unspecified atom stereocenters. The Morgan fingerprint density at radius 3 is 2.94 bits per heavy atom. The predicted octanol–water partition coefficient (Wildman–Crippen LogP) is 1.77. The lowest BCUT2D eigenvalue weighted by molar-refractivity contribution is 0.0699. The predicted molar refractivity (Wildman–Crippen MR) is 62.3 cm³/mol. The summed E-state index contributed by atoms with van der Waals surface area (Å²) in [6, 6.07) is 8.58. The normalized spacial score (nSPS) is 10.9. The van der Waals surface area contributed by atoms with Gasteiger partial charge in [-0.15, -0.1) is 5.10 Å². The molecule has 0 spiro atoms. The molecule has 0 aliphatic heterocycles. The molecule has 0 amide bonds. The minimum atomic E-state index is -1.01. The van der Waals surface area contributed by atoms with Crippen LogP contribution in [0.3, 0.4) is 0 Å². The van der Waals surface area contributed by atoms with Crippen LogP contribution in [0.2, 0.25) is 0 Å². The van der Waals surface area contributed by atoms with Crippen molar-refractivity contribution in [2.24, 2.45) is 0 Å². The van der Waals surface area contributed by atoms with Crippen molar-refractivity contribution in [2.75, 3.05) is 0 Å². The highest BCUT2D eigenvalue weighted by Crippen LogP contribution is 2.17. The van der Waals surface area contributed by atoms with Crippen molar-refractivity contribution in [3.05, 3.63) is 47.9 Å². The van der Waals surface area contributed by atoms with Gasteiger partial charge in [-0.3, -0.25) is 0 Å². The second kappa shape index (κ2) is 3.99. The van der Waals surface area contributed by atoms with Crippen molar-refractivity contribution >= 4 is 17.0 Å². The second-order valence-corrected chi connectivity index (χ2v) is 3.80. The smallest absolute Gasteiger partial charge is 0.338 e. The number of nitrogens with zero attached hydrogens (tertiary/aromatic N) is 3. The largest absolute Gasteiger partial charge is 0.478 e. The molecule has 2 aromatic heterocycles. The lowest BCUT2D eigenvalue weighted by Gasteiger charge is -1.99. The Bertz CT molecular complexity index is 701. The Kier molecular flexibility index (Phi) is 2.33. The van der Waals surface area contributed by atoms with Crippen LogP contribution in [-0.2, 0) is 6.54 Å². The molecule has 6 heteroatoms. The number of aromatic nitrogens is 3. The maximum atomic E-state index is 11.0. The summed E-state index contributed by atoms with van der Waals surface area (Å²) < 4.78 is 6.84. The Morgan fingerprint density at radius 1 is 1.33 bits per heavy atom. The van der Waals surface area contributed by atoms with Crippen LogP contribution in [0.15, 0.2) is 41.0 Å². The number of carboxylic acid groups (broad SMARTS) is 1. The van der Waals surface area contributed by atoms with Crippen molar-refractivity contribution in [3.8, 4) is 0 Å². The summed E-state index contributed by atoms with van der Waals surface area (Å²) in [7, 11) is 0. The van der Waals surface area contributed by atoms with E-state index in [0.717, 1.165) is 5.76 Å². The fourth-order valence-electron chi connectivity index (χ4n) is 1.83. The summed E-state index contributed by atoms with van der Waals surface area (Å²) in [6.45, 7) is 0.423. The van der Waals surface area contributed by atoms with Gasteiger partial charge in [-0.1, -0.05) is 11.3 Å². The molecule has 1 aromatic carbocycles. The van der Waals surface area contributed by atoms with E-state index in [1.165, 1.54) is 6.07 Å². The molecule has 0 saturated carbocycles. The van der Waals surface area contributed by atoms with Crippen LogP contribution in [0.5, 0.6) is 0 Å². The number of hydrogen-bond donors (Lipinski definition) is 1. The van der Waals surface area contributed by atoms with Gasteiger partial charge in [0.15, 0.2) is 0 Å². The number of carboxylic acids is 1. The number of furan rings is 1. The van der Waals surface area contributed by atoms with Gasteiger partial charge in [0.2, 0.25) is 0 Å². The van der Waals surface area contributed by atoms with Gasteiger partial charge >= 0.3 is 5.97 Å². The van der Waals surface area contributed by atoms with Gasteiger partial charge in [-0.2, -0.15) is 0 Å². The van der Waals surface area contributed by atoms with E-state index in [1.54, 1.807) is 29.1 Å². The SMILES string of the molecule is O=C(O)c1cccc2c1nnn2Cc1ccco1. The molecule has 2 heterocycles. The Hall–Kier alpha value is -2.63. The molecule has 3 rings (SSSR count). The van der Waals surface area contributed by atoms with Gasteiger partial charge in [0.1, 0.15) is 17.8 Å². The zero-order valence-corrected chi connectivity index (χ0v) is 9.28. The van der Waals surface area contributed by atoms with Crippen LogP contribution in [0.4, 0.5) is 0 Å². The highest BCUT2D eigenvalue weighted by molar-refractivity contribution is 6.00. The van der Waals surface area contributed by atoms with Crippen LogP contribution in [0.1, 0.15) is 16.1 Å². The monoisotopic (exact) mass is 243 g/mol. The summed E-state index contributed by atoms with van der Waals surface area (Å²) in [5.41, 5.74) is 1.21. The molecule has 3 aromatic rings. The van der Waals surface area contributed by atoms with E-state index >= 15 is 0 Å². The number of fused-ring (bicyclic) bond motifs is 1. The van der Waals surface area contributed by atoms with Gasteiger partial charge in [0.25, 0.3) is 0 Å². The third kappa shape index (κ3) is 1.64. The average molecular weight is 243 g/mol. The standard InChI is InChI=1S/C12H9N3O3/c16-12(17)9-4-1-5-10-11(9)13-14-15(10)7-8-3-2-6-18-8/h1-6H,7H2,(H,16,17). The van der Waals surface area contributed by atoms with E-state index in [0.29, 0.717) is 17.6 Å². The van der Waals surface area contributed by atoms with Crippen molar-refractivity contribution in [3.63, 3.8) is 0 Å². The van der Waals surface area contributed by atoms with E-state index in [2.05, 4.69) is 10.3 Å². The molecule has 0 aliphatic carbocycles. The lowest BCUT2D eigenvalue weighted by atomic mass is 10.2. The zero-order valence-electron chi connectivity index (χ0n) is 9.28. The summed E-state index contributed by atoms with van der Waals surface area (Å²) in [4.78, 5) is 11.0. The Balaban J connectivity index is 2.09. The maximum absolute atomic E-state index is 11.0. The number of aromatic carboxylic acids is 1. The molecule has 90 valence electrons. The van der Waals surface area contributed by atoms with Crippen LogP contribution in [-0.4, -0.2) is 26.1 Å². The van der Waals surface area contributed by atoms with Crippen molar-refractivity contribution in [1.29, 1.82) is 0 Å². The van der Waals surface area contributed by atoms with Crippen LogP contribution in [0.25, 0.3) is 11.0 Å². The quantitative estimate of drug-likeness (QED) is 0.758. The Morgan fingerprint density at radius 2 is 2.22 bits per heavy atom. The lowest BCUT2D eigenvalue weighted by Crippen LogP contribution is -2.01. The molecule has 0 radical (unpaired) electrons. The molecule has 0 aliphatic rings. The third-order valence-electron chi connectivity index (χ3n) is 2.66. The number of carbonyl (C=O) groups is 1. The van der Waals surface area contributed by atoms with E-state index in [9.17, 15) is 4.79 Å². The third-order valence-corrected chi connectivity index (χ3v) is 2.66.